The molecule has 6 heteroatoms. The number of aromatic nitrogens is 1. The van der Waals surface area contributed by atoms with E-state index in [1.54, 1.807) is 4.57 Å². The van der Waals surface area contributed by atoms with Gasteiger partial charge in [-0.1, -0.05) is 69.9 Å². The number of carbonyl (C=O) groups is 1. The van der Waals surface area contributed by atoms with Crippen molar-refractivity contribution in [2.24, 2.45) is 0 Å². The molecule has 0 aliphatic carbocycles. The predicted molar refractivity (Wildman–Crippen MR) is 135 cm³/mol. The lowest BCUT2D eigenvalue weighted by atomic mass is 10.1. The Balaban J connectivity index is 2.09. The van der Waals surface area contributed by atoms with Gasteiger partial charge in [-0.15, -0.1) is 0 Å². The molecule has 3 aromatic rings. The summed E-state index contributed by atoms with van der Waals surface area (Å²) >= 11 is 0. The number of hydrogen-bond acceptors (Lipinski definition) is 5. The number of rotatable bonds is 13. The molecule has 0 spiro atoms. The summed E-state index contributed by atoms with van der Waals surface area (Å²) in [6.45, 7) is 6.95. The molecule has 1 heterocycles. The van der Waals surface area contributed by atoms with E-state index in [-0.39, 0.29) is 23.7 Å². The molecular weight excluding hydrogens is 430 g/mol. The first-order valence-electron chi connectivity index (χ1n) is 12.2. The minimum Gasteiger partial charge on any atom is -0.494 e. The third-order valence-electron chi connectivity index (χ3n) is 5.62. The predicted octanol–water partition coefficient (Wildman–Crippen LogP) is 6.27. The van der Waals surface area contributed by atoms with E-state index < -0.39 is 5.97 Å². The highest BCUT2D eigenvalue weighted by atomic mass is 16.6. The molecule has 0 fully saturated rings. The number of hydrogen-bond donors (Lipinski definition) is 0. The van der Waals surface area contributed by atoms with E-state index >= 15 is 0 Å². The van der Waals surface area contributed by atoms with Crippen molar-refractivity contribution in [3.8, 4) is 17.2 Å². The van der Waals surface area contributed by atoms with Gasteiger partial charge in [-0.3, -0.25) is 9.59 Å². The van der Waals surface area contributed by atoms with Gasteiger partial charge >= 0.3 is 5.97 Å². The summed E-state index contributed by atoms with van der Waals surface area (Å²) in [5.41, 5.74) is 1.30. The molecule has 0 aliphatic rings. The number of ether oxygens (including phenoxy) is 3. The zero-order valence-electron chi connectivity index (χ0n) is 20.5. The summed E-state index contributed by atoms with van der Waals surface area (Å²) in [6.07, 6.45) is 6.08. The molecule has 0 amide bonds. The fraction of sp³-hybridized carbons (Fsp3) is 0.429. The molecule has 34 heavy (non-hydrogen) atoms. The van der Waals surface area contributed by atoms with Crippen molar-refractivity contribution in [1.29, 1.82) is 0 Å². The Labute approximate surface area is 201 Å². The Morgan fingerprint density at radius 2 is 1.65 bits per heavy atom. The van der Waals surface area contributed by atoms with Gasteiger partial charge in [0.1, 0.15) is 12.4 Å². The van der Waals surface area contributed by atoms with Gasteiger partial charge in [0, 0.05) is 24.9 Å². The van der Waals surface area contributed by atoms with Gasteiger partial charge in [0.25, 0.3) is 5.56 Å². The van der Waals surface area contributed by atoms with Crippen LogP contribution < -0.4 is 19.8 Å². The van der Waals surface area contributed by atoms with E-state index in [2.05, 4.69) is 13.8 Å². The average molecular weight is 466 g/mol. The molecule has 6 nitrogen and oxygen atoms in total. The van der Waals surface area contributed by atoms with Crippen molar-refractivity contribution in [2.75, 3.05) is 6.61 Å². The highest BCUT2D eigenvalue weighted by Gasteiger charge is 2.22. The summed E-state index contributed by atoms with van der Waals surface area (Å²) in [7, 11) is 0. The minimum absolute atomic E-state index is 0.0638. The van der Waals surface area contributed by atoms with E-state index in [0.717, 1.165) is 49.6 Å². The molecule has 3 rings (SSSR count). The van der Waals surface area contributed by atoms with Crippen molar-refractivity contribution in [1.82, 2.24) is 4.57 Å². The molecule has 0 aliphatic heterocycles. The number of benzene rings is 2. The number of fused-ring (bicyclic) bond motifs is 1. The average Bonchev–Trinajstić information content (AvgIpc) is 2.84. The van der Waals surface area contributed by atoms with Crippen LogP contribution in [0.4, 0.5) is 0 Å². The second kappa shape index (κ2) is 12.8. The molecule has 1 aromatic heterocycles. The molecule has 182 valence electrons. The molecule has 0 atom stereocenters. The third-order valence-corrected chi connectivity index (χ3v) is 5.62. The lowest BCUT2D eigenvalue weighted by Crippen LogP contribution is -2.25. The van der Waals surface area contributed by atoms with Crippen LogP contribution in [0.5, 0.6) is 17.2 Å². The fourth-order valence-electron chi connectivity index (χ4n) is 3.83. The standard InChI is InChI=1S/C28H35NO5/c1-4-6-8-12-17-29-25-19-23(32-18-7-5-2)15-16-24(25)26(27(28(29)31)34-21(3)30)33-20-22-13-10-9-11-14-22/h9-11,13-16,19H,4-8,12,17-18,20H2,1-3H3. The Morgan fingerprint density at radius 1 is 0.882 bits per heavy atom. The first kappa shape index (κ1) is 25.3. The van der Waals surface area contributed by atoms with Gasteiger partial charge in [-0.2, -0.15) is 0 Å². The van der Waals surface area contributed by atoms with Crippen molar-refractivity contribution >= 4 is 16.9 Å². The summed E-state index contributed by atoms with van der Waals surface area (Å²) in [4.78, 5) is 25.4. The monoisotopic (exact) mass is 465 g/mol. The van der Waals surface area contributed by atoms with E-state index in [1.807, 2.05) is 48.5 Å². The van der Waals surface area contributed by atoms with E-state index in [4.69, 9.17) is 14.2 Å². The number of pyridine rings is 1. The van der Waals surface area contributed by atoms with Crippen LogP contribution in [-0.4, -0.2) is 17.1 Å². The molecule has 0 unspecified atom stereocenters. The van der Waals surface area contributed by atoms with Crippen LogP contribution in [-0.2, 0) is 17.9 Å². The van der Waals surface area contributed by atoms with E-state index in [9.17, 15) is 9.59 Å². The lowest BCUT2D eigenvalue weighted by Gasteiger charge is -2.19. The highest BCUT2D eigenvalue weighted by Crippen LogP contribution is 2.35. The van der Waals surface area contributed by atoms with Crippen LogP contribution in [0.25, 0.3) is 10.9 Å². The fourth-order valence-corrected chi connectivity index (χ4v) is 3.83. The maximum absolute atomic E-state index is 13.6. The van der Waals surface area contributed by atoms with Crippen LogP contribution in [0, 0.1) is 0 Å². The van der Waals surface area contributed by atoms with Crippen LogP contribution in [0.2, 0.25) is 0 Å². The lowest BCUT2D eigenvalue weighted by molar-refractivity contribution is -0.132. The normalized spacial score (nSPS) is 10.9. The second-order valence-electron chi connectivity index (χ2n) is 8.42. The van der Waals surface area contributed by atoms with Gasteiger partial charge < -0.3 is 18.8 Å². The molecular formula is C28H35NO5. The number of aryl methyl sites for hydroxylation is 1. The molecule has 2 aromatic carbocycles. The topological polar surface area (TPSA) is 66.8 Å². The van der Waals surface area contributed by atoms with Gasteiger partial charge in [-0.25, -0.2) is 0 Å². The first-order chi connectivity index (χ1) is 16.5. The largest absolute Gasteiger partial charge is 0.494 e. The molecule has 0 bridgehead atoms. The van der Waals surface area contributed by atoms with Gasteiger partial charge in [0.2, 0.25) is 5.75 Å². The Kier molecular flexibility index (Phi) is 9.56. The highest BCUT2D eigenvalue weighted by molar-refractivity contribution is 5.90. The summed E-state index contributed by atoms with van der Waals surface area (Å²) in [6, 6.07) is 15.3. The van der Waals surface area contributed by atoms with Crippen LogP contribution in [0.15, 0.2) is 53.3 Å². The number of carbonyl (C=O) groups excluding carboxylic acids is 1. The Hall–Kier alpha value is -3.28. The molecule has 0 saturated carbocycles. The van der Waals surface area contributed by atoms with Crippen molar-refractivity contribution in [3.05, 3.63) is 64.4 Å². The third kappa shape index (κ3) is 6.62. The van der Waals surface area contributed by atoms with Crippen molar-refractivity contribution in [3.63, 3.8) is 0 Å². The van der Waals surface area contributed by atoms with Gasteiger partial charge in [-0.05, 0) is 30.5 Å². The van der Waals surface area contributed by atoms with Crippen LogP contribution >= 0.6 is 0 Å². The number of nitrogens with zero attached hydrogens (tertiary/aromatic N) is 1. The maximum Gasteiger partial charge on any atom is 0.308 e. The zero-order chi connectivity index (χ0) is 24.3. The Morgan fingerprint density at radius 3 is 2.35 bits per heavy atom. The minimum atomic E-state index is -0.557. The van der Waals surface area contributed by atoms with E-state index in [1.165, 1.54) is 6.92 Å². The zero-order valence-corrected chi connectivity index (χ0v) is 20.5. The maximum atomic E-state index is 13.6. The number of esters is 1. The smallest absolute Gasteiger partial charge is 0.308 e. The number of unbranched alkanes of at least 4 members (excludes halogenated alkanes) is 4. The molecule has 0 N–H and O–H groups in total. The van der Waals surface area contributed by atoms with Crippen LogP contribution in [0.3, 0.4) is 0 Å². The summed E-state index contributed by atoms with van der Waals surface area (Å²) in [5.74, 6) is 0.366. The van der Waals surface area contributed by atoms with Crippen molar-refractivity contribution in [2.45, 2.75) is 72.4 Å². The quantitative estimate of drug-likeness (QED) is 0.220. The van der Waals surface area contributed by atoms with Crippen molar-refractivity contribution < 1.29 is 19.0 Å². The second-order valence-corrected chi connectivity index (χ2v) is 8.42. The first-order valence-corrected chi connectivity index (χ1v) is 12.2. The summed E-state index contributed by atoms with van der Waals surface area (Å²) in [5, 5.41) is 0.713. The SMILES string of the molecule is CCCCCCn1c(=O)c(OC(C)=O)c(OCc2ccccc2)c2ccc(OCCCC)cc21. The van der Waals surface area contributed by atoms with Gasteiger partial charge in [0.15, 0.2) is 5.75 Å². The molecule has 0 radical (unpaired) electrons. The van der Waals surface area contributed by atoms with Gasteiger partial charge in [0.05, 0.1) is 12.1 Å². The summed E-state index contributed by atoms with van der Waals surface area (Å²) < 4.78 is 19.1. The molecule has 0 saturated heterocycles. The Bertz CT molecular complexity index is 1140. The van der Waals surface area contributed by atoms with E-state index in [0.29, 0.717) is 24.3 Å². The van der Waals surface area contributed by atoms with Crippen LogP contribution in [0.1, 0.15) is 64.9 Å².